The van der Waals surface area contributed by atoms with E-state index >= 15 is 0 Å². The second-order valence-corrected chi connectivity index (χ2v) is 4.65. The summed E-state index contributed by atoms with van der Waals surface area (Å²) in [6.45, 7) is 5.50. The highest BCUT2D eigenvalue weighted by atomic mass is 16.5. The highest BCUT2D eigenvalue weighted by molar-refractivity contribution is 5.81. The monoisotopic (exact) mass is 254 g/mol. The van der Waals surface area contributed by atoms with Crippen LogP contribution in [-0.4, -0.2) is 18.4 Å². The number of hydrogen-bond donors (Lipinski definition) is 0. The van der Waals surface area contributed by atoms with E-state index in [-0.39, 0.29) is 5.97 Å². The lowest BCUT2D eigenvalue weighted by atomic mass is 10.1. The number of ketones is 1. The molecule has 18 heavy (non-hydrogen) atoms. The predicted octanol–water partition coefficient (Wildman–Crippen LogP) is 3.82. The van der Waals surface area contributed by atoms with Crippen molar-refractivity contribution in [2.45, 2.75) is 64.7 Å². The molecule has 0 spiro atoms. The molecule has 104 valence electrons. The summed E-state index contributed by atoms with van der Waals surface area (Å²) in [5.74, 6) is -0.0375. The third-order valence-electron chi connectivity index (χ3n) is 2.83. The van der Waals surface area contributed by atoms with E-state index in [1.54, 1.807) is 6.92 Å². The van der Waals surface area contributed by atoms with Crippen molar-refractivity contribution in [3.05, 3.63) is 12.7 Å². The highest BCUT2D eigenvalue weighted by Crippen LogP contribution is 2.09. The molecule has 0 fully saturated rings. The van der Waals surface area contributed by atoms with Crippen LogP contribution in [0, 0.1) is 0 Å². The fraction of sp³-hybridized carbons (Fsp3) is 0.733. The van der Waals surface area contributed by atoms with Crippen LogP contribution in [0.4, 0.5) is 0 Å². The van der Waals surface area contributed by atoms with Crippen molar-refractivity contribution >= 4 is 11.8 Å². The standard InChI is InChI=1S/C15H26O3/c1-3-15(17)18-13-11-9-7-5-4-6-8-10-12-14(2)16/h3H,1,4-13H2,2H3. The van der Waals surface area contributed by atoms with E-state index in [0.717, 1.165) is 32.1 Å². The van der Waals surface area contributed by atoms with Crippen LogP contribution in [0.2, 0.25) is 0 Å². The van der Waals surface area contributed by atoms with Gasteiger partial charge < -0.3 is 9.53 Å². The van der Waals surface area contributed by atoms with Crippen molar-refractivity contribution in [1.29, 1.82) is 0 Å². The fourth-order valence-corrected chi connectivity index (χ4v) is 1.77. The molecule has 0 aromatic rings. The molecule has 0 N–H and O–H groups in total. The van der Waals surface area contributed by atoms with Crippen molar-refractivity contribution in [3.63, 3.8) is 0 Å². The molecule has 0 aliphatic rings. The molecule has 0 rings (SSSR count). The Morgan fingerprint density at radius 1 is 0.944 bits per heavy atom. The number of unbranched alkanes of at least 4 members (excludes halogenated alkanes) is 7. The van der Waals surface area contributed by atoms with Gasteiger partial charge in [-0.15, -0.1) is 0 Å². The van der Waals surface area contributed by atoms with E-state index in [2.05, 4.69) is 6.58 Å². The van der Waals surface area contributed by atoms with Gasteiger partial charge in [0, 0.05) is 12.5 Å². The van der Waals surface area contributed by atoms with E-state index in [9.17, 15) is 9.59 Å². The SMILES string of the molecule is C=CC(=O)OCCCCCCCCCCC(C)=O. The summed E-state index contributed by atoms with van der Waals surface area (Å²) in [5, 5.41) is 0. The van der Waals surface area contributed by atoms with E-state index in [1.165, 1.54) is 31.8 Å². The first-order valence-corrected chi connectivity index (χ1v) is 6.95. The smallest absolute Gasteiger partial charge is 0.330 e. The van der Waals surface area contributed by atoms with E-state index in [4.69, 9.17) is 4.74 Å². The molecule has 0 saturated carbocycles. The molecular formula is C15H26O3. The minimum atomic E-state index is -0.333. The van der Waals surface area contributed by atoms with Crippen molar-refractivity contribution in [3.8, 4) is 0 Å². The zero-order valence-corrected chi connectivity index (χ0v) is 11.6. The van der Waals surface area contributed by atoms with Crippen LogP contribution >= 0.6 is 0 Å². The molecule has 0 aromatic heterocycles. The maximum absolute atomic E-state index is 10.7. The molecule has 0 saturated heterocycles. The molecule has 0 radical (unpaired) electrons. The minimum absolute atomic E-state index is 0.295. The summed E-state index contributed by atoms with van der Waals surface area (Å²) in [6.07, 6.45) is 11.1. The van der Waals surface area contributed by atoms with Gasteiger partial charge in [-0.1, -0.05) is 45.1 Å². The fourth-order valence-electron chi connectivity index (χ4n) is 1.77. The van der Waals surface area contributed by atoms with Gasteiger partial charge in [0.1, 0.15) is 5.78 Å². The van der Waals surface area contributed by atoms with Gasteiger partial charge in [-0.05, 0) is 19.8 Å². The number of Topliss-reactive ketones (excluding diaryl/α,β-unsaturated/α-hetero) is 1. The molecule has 0 aliphatic carbocycles. The maximum Gasteiger partial charge on any atom is 0.330 e. The molecule has 0 atom stereocenters. The number of rotatable bonds is 12. The summed E-state index contributed by atoms with van der Waals surface area (Å²) >= 11 is 0. The summed E-state index contributed by atoms with van der Waals surface area (Å²) in [5.41, 5.74) is 0. The van der Waals surface area contributed by atoms with E-state index in [0.29, 0.717) is 12.4 Å². The van der Waals surface area contributed by atoms with E-state index < -0.39 is 0 Å². The van der Waals surface area contributed by atoms with Gasteiger partial charge in [0.05, 0.1) is 6.61 Å². The summed E-state index contributed by atoms with van der Waals surface area (Å²) in [7, 11) is 0. The third-order valence-corrected chi connectivity index (χ3v) is 2.83. The zero-order valence-electron chi connectivity index (χ0n) is 11.6. The first-order valence-electron chi connectivity index (χ1n) is 6.95. The predicted molar refractivity (Wildman–Crippen MR) is 73.4 cm³/mol. The quantitative estimate of drug-likeness (QED) is 0.302. The lowest BCUT2D eigenvalue weighted by molar-refractivity contribution is -0.137. The Balaban J connectivity index is 3.05. The molecule has 0 unspecified atom stereocenters. The van der Waals surface area contributed by atoms with Gasteiger partial charge in [0.25, 0.3) is 0 Å². The Labute approximate surface area is 111 Å². The first-order chi connectivity index (χ1) is 8.66. The average Bonchev–Trinajstić information content (AvgIpc) is 2.35. The topological polar surface area (TPSA) is 43.4 Å². The Morgan fingerprint density at radius 3 is 1.94 bits per heavy atom. The average molecular weight is 254 g/mol. The molecule has 0 amide bonds. The summed E-state index contributed by atoms with van der Waals surface area (Å²) in [6, 6.07) is 0. The van der Waals surface area contributed by atoms with Gasteiger partial charge in [-0.2, -0.15) is 0 Å². The third kappa shape index (κ3) is 12.9. The molecule has 0 heterocycles. The second kappa shape index (κ2) is 12.3. The van der Waals surface area contributed by atoms with Crippen molar-refractivity contribution < 1.29 is 14.3 Å². The van der Waals surface area contributed by atoms with Crippen LogP contribution in [0.15, 0.2) is 12.7 Å². The first kappa shape index (κ1) is 16.9. The normalized spacial score (nSPS) is 10.1. The van der Waals surface area contributed by atoms with Gasteiger partial charge in [-0.25, -0.2) is 4.79 Å². The number of ether oxygens (including phenoxy) is 1. The Bertz CT molecular complexity index is 246. The molecule has 3 heteroatoms. The van der Waals surface area contributed by atoms with Crippen molar-refractivity contribution in [2.24, 2.45) is 0 Å². The van der Waals surface area contributed by atoms with Crippen molar-refractivity contribution in [1.82, 2.24) is 0 Å². The largest absolute Gasteiger partial charge is 0.463 e. The van der Waals surface area contributed by atoms with E-state index in [1.807, 2.05) is 0 Å². The van der Waals surface area contributed by atoms with Crippen molar-refractivity contribution in [2.75, 3.05) is 6.61 Å². The van der Waals surface area contributed by atoms with Crippen LogP contribution in [0.3, 0.4) is 0 Å². The highest BCUT2D eigenvalue weighted by Gasteiger charge is 1.96. The second-order valence-electron chi connectivity index (χ2n) is 4.65. The van der Waals surface area contributed by atoms with Crippen LogP contribution in [-0.2, 0) is 14.3 Å². The van der Waals surface area contributed by atoms with Crippen LogP contribution in [0.5, 0.6) is 0 Å². The molecule has 0 aromatic carbocycles. The van der Waals surface area contributed by atoms with Crippen LogP contribution in [0.25, 0.3) is 0 Å². The lowest BCUT2D eigenvalue weighted by Crippen LogP contribution is -2.01. The summed E-state index contributed by atoms with van der Waals surface area (Å²) in [4.78, 5) is 21.4. The van der Waals surface area contributed by atoms with Crippen LogP contribution in [0.1, 0.15) is 64.7 Å². The number of hydrogen-bond acceptors (Lipinski definition) is 3. The molecule has 3 nitrogen and oxygen atoms in total. The maximum atomic E-state index is 10.7. The number of carbonyl (C=O) groups is 2. The molecule has 0 aliphatic heterocycles. The minimum Gasteiger partial charge on any atom is -0.463 e. The lowest BCUT2D eigenvalue weighted by Gasteiger charge is -2.03. The zero-order chi connectivity index (χ0) is 13.6. The number of esters is 1. The Morgan fingerprint density at radius 2 is 1.44 bits per heavy atom. The summed E-state index contributed by atoms with van der Waals surface area (Å²) < 4.78 is 4.88. The van der Waals surface area contributed by atoms with Gasteiger partial charge in [0.2, 0.25) is 0 Å². The molecular weight excluding hydrogens is 228 g/mol. The van der Waals surface area contributed by atoms with Crippen LogP contribution < -0.4 is 0 Å². The van der Waals surface area contributed by atoms with Gasteiger partial charge >= 0.3 is 5.97 Å². The Kier molecular flexibility index (Phi) is 11.6. The van der Waals surface area contributed by atoms with Gasteiger partial charge in [0.15, 0.2) is 0 Å². The number of carbonyl (C=O) groups excluding carboxylic acids is 2. The Hall–Kier alpha value is -1.12. The van der Waals surface area contributed by atoms with Gasteiger partial charge in [-0.3, -0.25) is 0 Å². The molecule has 0 bridgehead atoms.